The molecule has 28 heavy (non-hydrogen) atoms. The van der Waals surface area contributed by atoms with Gasteiger partial charge in [0.25, 0.3) is 0 Å². The highest BCUT2D eigenvalue weighted by Gasteiger charge is 2.10. The predicted octanol–water partition coefficient (Wildman–Crippen LogP) is 3.73. The lowest BCUT2D eigenvalue weighted by Crippen LogP contribution is -2.09. The lowest BCUT2D eigenvalue weighted by molar-refractivity contribution is 0.287. The molecule has 4 rings (SSSR count). The van der Waals surface area contributed by atoms with Crippen LogP contribution in [0.1, 0.15) is 19.4 Å². The number of nitrogens with one attached hydrogen (secondary N) is 1. The molecule has 4 aromatic rings. The highest BCUT2D eigenvalue weighted by atomic mass is 16.5. The fraction of sp³-hybridized carbons (Fsp3) is 0.286. The minimum absolute atomic E-state index is 0.605. The van der Waals surface area contributed by atoms with Crippen LogP contribution in [0.3, 0.4) is 0 Å². The number of ether oxygens (including phenoxy) is 2. The van der Waals surface area contributed by atoms with E-state index in [2.05, 4.69) is 21.6 Å². The molecule has 0 aliphatic rings. The van der Waals surface area contributed by atoms with E-state index in [0.29, 0.717) is 19.8 Å². The topological polar surface area (TPSA) is 73.6 Å². The third-order valence-electron chi connectivity index (χ3n) is 4.45. The maximum Gasteiger partial charge on any atom is 0.203 e. The molecule has 0 saturated carbocycles. The summed E-state index contributed by atoms with van der Waals surface area (Å²) in [4.78, 5) is 4.71. The molecule has 0 amide bonds. The number of nitrogens with zero attached hydrogens (tertiary/aromatic N) is 4. The molecule has 0 aliphatic heterocycles. The molecular formula is C21H23N5O2. The highest BCUT2D eigenvalue weighted by Crippen LogP contribution is 2.29. The fourth-order valence-corrected chi connectivity index (χ4v) is 3.20. The highest BCUT2D eigenvalue weighted by molar-refractivity contribution is 5.82. The number of aromatic nitrogens is 4. The summed E-state index contributed by atoms with van der Waals surface area (Å²) in [6, 6.07) is 14.0. The van der Waals surface area contributed by atoms with Gasteiger partial charge in [-0.3, -0.25) is 4.40 Å². The van der Waals surface area contributed by atoms with Gasteiger partial charge in [0.1, 0.15) is 6.33 Å². The van der Waals surface area contributed by atoms with Crippen molar-refractivity contribution in [3.8, 4) is 11.5 Å². The van der Waals surface area contributed by atoms with Crippen molar-refractivity contribution in [2.24, 2.45) is 0 Å². The molecule has 0 fully saturated rings. The van der Waals surface area contributed by atoms with Gasteiger partial charge < -0.3 is 14.8 Å². The van der Waals surface area contributed by atoms with Crippen LogP contribution in [-0.2, 0) is 6.42 Å². The third-order valence-corrected chi connectivity index (χ3v) is 4.45. The fourth-order valence-electron chi connectivity index (χ4n) is 3.20. The summed E-state index contributed by atoms with van der Waals surface area (Å²) >= 11 is 0. The average molecular weight is 377 g/mol. The summed E-state index contributed by atoms with van der Waals surface area (Å²) in [7, 11) is 0. The lowest BCUT2D eigenvalue weighted by atomic mass is 10.1. The van der Waals surface area contributed by atoms with Crippen LogP contribution < -0.4 is 14.8 Å². The van der Waals surface area contributed by atoms with Gasteiger partial charge in [-0.2, -0.15) is 0 Å². The summed E-state index contributed by atoms with van der Waals surface area (Å²) in [5.41, 5.74) is 3.77. The quantitative estimate of drug-likeness (QED) is 0.504. The third kappa shape index (κ3) is 3.55. The summed E-state index contributed by atoms with van der Waals surface area (Å²) in [5, 5.41) is 11.7. The summed E-state index contributed by atoms with van der Waals surface area (Å²) < 4.78 is 13.3. The number of para-hydroxylation sites is 2. The number of fused-ring (bicyclic) bond motifs is 3. The number of benzene rings is 2. The van der Waals surface area contributed by atoms with E-state index in [1.165, 1.54) is 0 Å². The molecule has 2 aromatic heterocycles. The minimum atomic E-state index is 0.605. The first-order chi connectivity index (χ1) is 13.8. The molecule has 0 saturated heterocycles. The molecule has 0 atom stereocenters. The minimum Gasteiger partial charge on any atom is -0.490 e. The van der Waals surface area contributed by atoms with E-state index in [-0.39, 0.29) is 0 Å². The Kier molecular flexibility index (Phi) is 5.23. The average Bonchev–Trinajstić information content (AvgIpc) is 3.21. The molecule has 7 nitrogen and oxygen atoms in total. The van der Waals surface area contributed by atoms with Gasteiger partial charge in [0.05, 0.1) is 24.2 Å². The molecule has 7 heteroatoms. The molecule has 0 radical (unpaired) electrons. The second-order valence-corrected chi connectivity index (χ2v) is 6.30. The second kappa shape index (κ2) is 8.12. The Hall–Kier alpha value is -3.35. The summed E-state index contributed by atoms with van der Waals surface area (Å²) in [6.07, 6.45) is 2.53. The van der Waals surface area contributed by atoms with E-state index in [0.717, 1.165) is 46.0 Å². The van der Waals surface area contributed by atoms with Crippen molar-refractivity contribution in [1.29, 1.82) is 0 Å². The van der Waals surface area contributed by atoms with Crippen LogP contribution in [0.5, 0.6) is 11.5 Å². The van der Waals surface area contributed by atoms with Crippen molar-refractivity contribution in [2.45, 2.75) is 20.3 Å². The molecule has 0 unspecified atom stereocenters. The largest absolute Gasteiger partial charge is 0.490 e. The van der Waals surface area contributed by atoms with Gasteiger partial charge in [-0.15, -0.1) is 10.2 Å². The van der Waals surface area contributed by atoms with Gasteiger partial charge in [0, 0.05) is 6.54 Å². The standard InChI is InChI=1S/C21H23N5O2/c1-3-27-18-10-9-15(13-19(18)28-4-2)11-12-22-20-21-25-23-14-26(21)17-8-6-5-7-16(17)24-20/h5-10,13-14H,3-4,11-12H2,1-2H3,(H,22,24). The number of anilines is 1. The number of hydrogen-bond acceptors (Lipinski definition) is 6. The normalized spacial score (nSPS) is 11.1. The van der Waals surface area contributed by atoms with Gasteiger partial charge in [0.15, 0.2) is 17.3 Å². The Morgan fingerprint density at radius 1 is 1.00 bits per heavy atom. The van der Waals surface area contributed by atoms with Crippen molar-refractivity contribution in [3.05, 3.63) is 54.4 Å². The smallest absolute Gasteiger partial charge is 0.203 e. The van der Waals surface area contributed by atoms with Crippen molar-refractivity contribution in [2.75, 3.05) is 25.1 Å². The lowest BCUT2D eigenvalue weighted by Gasteiger charge is -2.13. The van der Waals surface area contributed by atoms with Crippen molar-refractivity contribution >= 4 is 22.5 Å². The van der Waals surface area contributed by atoms with Crippen LogP contribution in [0, 0.1) is 0 Å². The maximum atomic E-state index is 5.71. The van der Waals surface area contributed by atoms with Gasteiger partial charge in [-0.1, -0.05) is 18.2 Å². The van der Waals surface area contributed by atoms with Crippen LogP contribution in [-0.4, -0.2) is 39.3 Å². The molecule has 0 spiro atoms. The van der Waals surface area contributed by atoms with E-state index in [1.807, 2.05) is 54.6 Å². The monoisotopic (exact) mass is 377 g/mol. The number of rotatable bonds is 8. The van der Waals surface area contributed by atoms with Crippen LogP contribution in [0.2, 0.25) is 0 Å². The van der Waals surface area contributed by atoms with Crippen LogP contribution >= 0.6 is 0 Å². The van der Waals surface area contributed by atoms with E-state index in [4.69, 9.17) is 14.5 Å². The Morgan fingerprint density at radius 3 is 2.68 bits per heavy atom. The Labute approximate surface area is 163 Å². The zero-order chi connectivity index (χ0) is 19.3. The summed E-state index contributed by atoms with van der Waals surface area (Å²) in [6.45, 7) is 5.87. The molecular weight excluding hydrogens is 354 g/mol. The second-order valence-electron chi connectivity index (χ2n) is 6.30. The summed E-state index contributed by atoms with van der Waals surface area (Å²) in [5.74, 6) is 2.29. The Bertz CT molecular complexity index is 1090. The van der Waals surface area contributed by atoms with Crippen molar-refractivity contribution in [1.82, 2.24) is 19.6 Å². The maximum absolute atomic E-state index is 5.71. The zero-order valence-corrected chi connectivity index (χ0v) is 16.1. The van der Waals surface area contributed by atoms with Gasteiger partial charge in [0.2, 0.25) is 5.65 Å². The van der Waals surface area contributed by atoms with Crippen molar-refractivity contribution < 1.29 is 9.47 Å². The SMILES string of the molecule is CCOc1ccc(CCNc2nc3ccccc3n3cnnc23)cc1OCC. The van der Waals surface area contributed by atoms with Gasteiger partial charge >= 0.3 is 0 Å². The molecule has 0 bridgehead atoms. The molecule has 0 aliphatic carbocycles. The van der Waals surface area contributed by atoms with Crippen LogP contribution in [0.15, 0.2) is 48.8 Å². The van der Waals surface area contributed by atoms with Gasteiger partial charge in [-0.05, 0) is 50.1 Å². The first kappa shape index (κ1) is 18.0. The van der Waals surface area contributed by atoms with Crippen LogP contribution in [0.4, 0.5) is 5.82 Å². The molecule has 2 heterocycles. The molecule has 144 valence electrons. The van der Waals surface area contributed by atoms with Crippen molar-refractivity contribution in [3.63, 3.8) is 0 Å². The zero-order valence-electron chi connectivity index (χ0n) is 16.1. The predicted molar refractivity (Wildman–Crippen MR) is 109 cm³/mol. The van der Waals surface area contributed by atoms with E-state index in [1.54, 1.807) is 6.33 Å². The molecule has 1 N–H and O–H groups in total. The van der Waals surface area contributed by atoms with E-state index >= 15 is 0 Å². The van der Waals surface area contributed by atoms with Gasteiger partial charge in [-0.25, -0.2) is 4.98 Å². The first-order valence-electron chi connectivity index (χ1n) is 9.51. The van der Waals surface area contributed by atoms with Crippen LogP contribution in [0.25, 0.3) is 16.7 Å². The molecule has 2 aromatic carbocycles. The van der Waals surface area contributed by atoms with E-state index < -0.39 is 0 Å². The Morgan fingerprint density at radius 2 is 1.82 bits per heavy atom. The first-order valence-corrected chi connectivity index (χ1v) is 9.51. The number of hydrogen-bond donors (Lipinski definition) is 1. The Balaban J connectivity index is 1.52. The van der Waals surface area contributed by atoms with E-state index in [9.17, 15) is 0 Å².